The van der Waals surface area contributed by atoms with E-state index < -0.39 is 21.9 Å². The minimum absolute atomic E-state index is 0.0719. The Balaban J connectivity index is 2.52. The van der Waals surface area contributed by atoms with Crippen LogP contribution in [-0.4, -0.2) is 43.5 Å². The van der Waals surface area contributed by atoms with E-state index in [1.54, 1.807) is 4.72 Å². The Hall–Kier alpha value is -2.24. The van der Waals surface area contributed by atoms with Crippen LogP contribution in [0.25, 0.3) is 0 Å². The number of benzene rings is 1. The van der Waals surface area contributed by atoms with Crippen molar-refractivity contribution in [1.29, 1.82) is 0 Å². The molecule has 8 nitrogen and oxygen atoms in total. The maximum Gasteiger partial charge on any atom is 0.355 e. The molecule has 12 heteroatoms. The number of alkyl halides is 2. The molecule has 1 aromatic carbocycles. The zero-order valence-corrected chi connectivity index (χ0v) is 15.1. The van der Waals surface area contributed by atoms with Gasteiger partial charge in [0.15, 0.2) is 5.82 Å². The highest BCUT2D eigenvalue weighted by atomic mass is 35.5. The largest absolute Gasteiger partial charge is 0.481 e. The van der Waals surface area contributed by atoms with Crippen molar-refractivity contribution in [2.75, 3.05) is 18.9 Å². The second kappa shape index (κ2) is 7.98. The molecule has 1 heterocycles. The van der Waals surface area contributed by atoms with E-state index in [4.69, 9.17) is 21.1 Å². The molecule has 2 N–H and O–H groups in total. The van der Waals surface area contributed by atoms with E-state index >= 15 is 0 Å². The van der Waals surface area contributed by atoms with Crippen molar-refractivity contribution < 1.29 is 31.8 Å². The van der Waals surface area contributed by atoms with Crippen LogP contribution in [0.3, 0.4) is 0 Å². The lowest BCUT2D eigenvalue weighted by Crippen LogP contribution is -2.22. The maximum atomic E-state index is 12.6. The molecule has 0 bridgehead atoms. The van der Waals surface area contributed by atoms with Gasteiger partial charge in [0.05, 0.1) is 26.0 Å². The predicted molar refractivity (Wildman–Crippen MR) is 89.2 cm³/mol. The molecule has 0 radical (unpaired) electrons. The van der Waals surface area contributed by atoms with Gasteiger partial charge < -0.3 is 14.6 Å². The highest BCUT2D eigenvalue weighted by Crippen LogP contribution is 2.32. The number of halogens is 3. The Morgan fingerprint density at radius 2 is 1.73 bits per heavy atom. The standard InChI is InChI=1S/C14H14ClF2N3O5S/c1-24-10-6-11(25-2)19-13(18-10)12(21)8-5-7(15)3-4-9(8)20-26(22,23)14(16)17/h3-6,12,14,20-21H,1-2H3. The molecule has 0 aliphatic heterocycles. The van der Waals surface area contributed by atoms with Gasteiger partial charge in [0.25, 0.3) is 10.0 Å². The molecule has 142 valence electrons. The lowest BCUT2D eigenvalue weighted by molar-refractivity contribution is 0.206. The van der Waals surface area contributed by atoms with Crippen molar-refractivity contribution in [3.05, 3.63) is 40.7 Å². The monoisotopic (exact) mass is 409 g/mol. The molecule has 2 aromatic rings. The Kier molecular flexibility index (Phi) is 6.16. The summed E-state index contributed by atoms with van der Waals surface area (Å²) in [7, 11) is -2.29. The molecule has 0 aliphatic rings. The third kappa shape index (κ3) is 4.48. The molecule has 26 heavy (non-hydrogen) atoms. The van der Waals surface area contributed by atoms with Gasteiger partial charge in [-0.05, 0) is 18.2 Å². The number of methoxy groups -OCH3 is 2. The van der Waals surface area contributed by atoms with Crippen molar-refractivity contribution in [3.8, 4) is 11.8 Å². The summed E-state index contributed by atoms with van der Waals surface area (Å²) in [5, 5.41) is 10.7. The fourth-order valence-corrected chi connectivity index (χ4v) is 2.70. The number of sulfonamides is 1. The van der Waals surface area contributed by atoms with Crippen molar-refractivity contribution >= 4 is 27.3 Å². The highest BCUT2D eigenvalue weighted by molar-refractivity contribution is 7.93. The van der Waals surface area contributed by atoms with E-state index in [0.717, 1.165) is 6.07 Å². The van der Waals surface area contributed by atoms with Crippen LogP contribution in [0, 0.1) is 0 Å². The van der Waals surface area contributed by atoms with Gasteiger partial charge in [0, 0.05) is 10.6 Å². The first-order chi connectivity index (χ1) is 12.2. The van der Waals surface area contributed by atoms with E-state index in [1.165, 1.54) is 32.4 Å². The summed E-state index contributed by atoms with van der Waals surface area (Å²) in [5.41, 5.74) is -0.426. The lowest BCUT2D eigenvalue weighted by Gasteiger charge is -2.17. The Morgan fingerprint density at radius 3 is 2.23 bits per heavy atom. The fourth-order valence-electron chi connectivity index (χ4n) is 1.94. The third-order valence-corrected chi connectivity index (χ3v) is 4.36. The normalized spacial score (nSPS) is 12.7. The molecule has 1 aromatic heterocycles. The van der Waals surface area contributed by atoms with E-state index in [0.29, 0.717) is 0 Å². The first-order valence-corrected chi connectivity index (χ1v) is 8.84. The van der Waals surface area contributed by atoms with Crippen LogP contribution in [0.4, 0.5) is 14.5 Å². The zero-order chi connectivity index (χ0) is 19.5. The summed E-state index contributed by atoms with van der Waals surface area (Å²) >= 11 is 5.87. The molecule has 0 saturated heterocycles. The van der Waals surface area contributed by atoms with Crippen molar-refractivity contribution in [1.82, 2.24) is 9.97 Å². The van der Waals surface area contributed by atoms with E-state index in [2.05, 4.69) is 9.97 Å². The molecule has 1 unspecified atom stereocenters. The number of hydrogen-bond donors (Lipinski definition) is 2. The molecule has 0 spiro atoms. The number of nitrogens with zero attached hydrogens (tertiary/aromatic N) is 2. The van der Waals surface area contributed by atoms with Gasteiger partial charge in [0.2, 0.25) is 11.8 Å². The van der Waals surface area contributed by atoms with Gasteiger partial charge in [-0.15, -0.1) is 0 Å². The third-order valence-electron chi connectivity index (χ3n) is 3.15. The average Bonchev–Trinajstić information content (AvgIpc) is 2.61. The second-order valence-electron chi connectivity index (χ2n) is 4.85. The van der Waals surface area contributed by atoms with Gasteiger partial charge in [-0.25, -0.2) is 8.42 Å². The Labute approximate surface area is 152 Å². The lowest BCUT2D eigenvalue weighted by atomic mass is 10.1. The van der Waals surface area contributed by atoms with Gasteiger partial charge in [-0.2, -0.15) is 18.7 Å². The summed E-state index contributed by atoms with van der Waals surface area (Å²) in [6.07, 6.45) is -1.60. The summed E-state index contributed by atoms with van der Waals surface area (Å²) in [5.74, 6) is -3.72. The van der Waals surface area contributed by atoms with Crippen molar-refractivity contribution in [3.63, 3.8) is 0 Å². The maximum absolute atomic E-state index is 12.6. The van der Waals surface area contributed by atoms with E-state index in [9.17, 15) is 22.3 Å². The van der Waals surface area contributed by atoms with Gasteiger partial charge in [-0.1, -0.05) is 11.6 Å². The van der Waals surface area contributed by atoms with Crippen LogP contribution in [0.5, 0.6) is 11.8 Å². The van der Waals surface area contributed by atoms with Crippen LogP contribution in [0.15, 0.2) is 24.3 Å². The fraction of sp³-hybridized carbons (Fsp3) is 0.286. The van der Waals surface area contributed by atoms with Gasteiger partial charge in [0.1, 0.15) is 6.10 Å². The number of hydrogen-bond acceptors (Lipinski definition) is 7. The predicted octanol–water partition coefficient (Wildman–Crippen LogP) is 2.19. The average molecular weight is 410 g/mol. The minimum atomic E-state index is -4.96. The Bertz CT molecular complexity index is 876. The van der Waals surface area contributed by atoms with Gasteiger partial charge in [-0.3, -0.25) is 4.72 Å². The van der Waals surface area contributed by atoms with E-state index in [1.807, 2.05) is 0 Å². The van der Waals surface area contributed by atoms with Crippen molar-refractivity contribution in [2.24, 2.45) is 0 Å². The Morgan fingerprint density at radius 1 is 1.15 bits per heavy atom. The molecule has 0 aliphatic carbocycles. The number of aliphatic hydroxyl groups is 1. The number of nitrogens with one attached hydrogen (secondary N) is 1. The molecule has 2 rings (SSSR count). The summed E-state index contributed by atoms with van der Waals surface area (Å²) in [6.45, 7) is 0. The van der Waals surface area contributed by atoms with E-state index in [-0.39, 0.29) is 33.9 Å². The quantitative estimate of drug-likeness (QED) is 0.721. The SMILES string of the molecule is COc1cc(OC)nc(C(O)c2cc(Cl)ccc2NS(=O)(=O)C(F)F)n1. The number of aliphatic hydroxyl groups excluding tert-OH is 1. The van der Waals surface area contributed by atoms with Crippen LogP contribution >= 0.6 is 11.6 Å². The summed E-state index contributed by atoms with van der Waals surface area (Å²) < 4.78 is 59.8. The minimum Gasteiger partial charge on any atom is -0.481 e. The van der Waals surface area contributed by atoms with Crippen LogP contribution in [-0.2, 0) is 10.0 Å². The topological polar surface area (TPSA) is 111 Å². The number of ether oxygens (including phenoxy) is 2. The van der Waals surface area contributed by atoms with Crippen molar-refractivity contribution in [2.45, 2.75) is 11.9 Å². The van der Waals surface area contributed by atoms with Crippen LogP contribution < -0.4 is 14.2 Å². The summed E-state index contributed by atoms with van der Waals surface area (Å²) in [4.78, 5) is 7.89. The highest BCUT2D eigenvalue weighted by Gasteiger charge is 2.27. The van der Waals surface area contributed by atoms with Crippen LogP contribution in [0.1, 0.15) is 17.5 Å². The molecular weight excluding hydrogens is 396 g/mol. The summed E-state index contributed by atoms with van der Waals surface area (Å²) in [6, 6.07) is 4.96. The first kappa shape index (κ1) is 20.1. The smallest absolute Gasteiger partial charge is 0.355 e. The second-order valence-corrected chi connectivity index (χ2v) is 6.94. The molecule has 1 atom stereocenters. The molecule has 0 fully saturated rings. The zero-order valence-electron chi connectivity index (χ0n) is 13.5. The van der Waals surface area contributed by atoms with Crippen LogP contribution in [0.2, 0.25) is 5.02 Å². The molecule has 0 saturated carbocycles. The number of anilines is 1. The number of aromatic nitrogens is 2. The molecule has 0 amide bonds. The molecular formula is C14H14ClF2N3O5S. The van der Waals surface area contributed by atoms with Gasteiger partial charge >= 0.3 is 5.76 Å². The number of rotatable bonds is 7. The first-order valence-electron chi connectivity index (χ1n) is 6.92.